The molecule has 1 aliphatic rings. The largest absolute Gasteiger partial charge is 0.463 e. The number of hydrogen-bond acceptors (Lipinski definition) is 4. The first-order valence-corrected chi connectivity index (χ1v) is 7.54. The van der Waals surface area contributed by atoms with E-state index in [0.717, 1.165) is 12.1 Å². The average molecular weight is 293 g/mol. The van der Waals surface area contributed by atoms with Gasteiger partial charge in [-0.25, -0.2) is 0 Å². The Hall–Kier alpha value is -1.39. The number of benzene rings is 1. The molecule has 1 aromatic carbocycles. The van der Waals surface area contributed by atoms with E-state index in [1.807, 2.05) is 37.4 Å². The number of ether oxygens (including phenoxy) is 2. The number of methoxy groups -OCH3 is 1. The summed E-state index contributed by atoms with van der Waals surface area (Å²) in [6, 6.07) is 10.1. The lowest BCUT2D eigenvalue weighted by atomic mass is 9.98. The van der Waals surface area contributed by atoms with Gasteiger partial charge in [-0.1, -0.05) is 44.2 Å². The second-order valence-electron chi connectivity index (χ2n) is 5.54. The number of carbonyl (C=O) groups excluding carboxylic acids is 1. The Morgan fingerprint density at radius 2 is 2.05 bits per heavy atom. The van der Waals surface area contributed by atoms with Crippen LogP contribution in [0.2, 0.25) is 0 Å². The first-order valence-electron chi connectivity index (χ1n) is 7.54. The Morgan fingerprint density at radius 3 is 2.52 bits per heavy atom. The molecule has 0 bridgehead atoms. The highest BCUT2D eigenvalue weighted by Crippen LogP contribution is 2.17. The van der Waals surface area contributed by atoms with Gasteiger partial charge in [0.05, 0.1) is 6.10 Å². The SMILES string of the molecule is COC(C(C)C)C1CCCN1.O=COCc1ccccc1. The van der Waals surface area contributed by atoms with Crippen molar-refractivity contribution in [2.24, 2.45) is 5.92 Å². The third kappa shape index (κ3) is 6.74. The molecule has 0 aliphatic carbocycles. The van der Waals surface area contributed by atoms with Gasteiger partial charge in [0.25, 0.3) is 6.47 Å². The van der Waals surface area contributed by atoms with E-state index in [9.17, 15) is 4.79 Å². The van der Waals surface area contributed by atoms with Crippen LogP contribution >= 0.6 is 0 Å². The third-order valence-corrected chi connectivity index (χ3v) is 3.59. The zero-order valence-electron chi connectivity index (χ0n) is 13.2. The van der Waals surface area contributed by atoms with E-state index in [0.29, 0.717) is 31.1 Å². The molecule has 21 heavy (non-hydrogen) atoms. The molecule has 1 aliphatic heterocycles. The predicted molar refractivity (Wildman–Crippen MR) is 84.0 cm³/mol. The molecule has 2 rings (SSSR count). The highest BCUT2D eigenvalue weighted by molar-refractivity contribution is 5.37. The lowest BCUT2D eigenvalue weighted by Crippen LogP contribution is -2.39. The monoisotopic (exact) mass is 293 g/mol. The maximum absolute atomic E-state index is 9.76. The van der Waals surface area contributed by atoms with Crippen molar-refractivity contribution in [2.45, 2.75) is 45.4 Å². The van der Waals surface area contributed by atoms with Crippen molar-refractivity contribution < 1.29 is 14.3 Å². The van der Waals surface area contributed by atoms with Crippen LogP contribution in [0.1, 0.15) is 32.3 Å². The standard InChI is InChI=1S/C9H19NO.C8H8O2/c1-7(2)9(11-3)8-5-4-6-10-8;9-7-10-6-8-4-2-1-3-5-8/h7-10H,4-6H2,1-3H3;1-5,7H,6H2. The van der Waals surface area contributed by atoms with E-state index in [1.165, 1.54) is 12.8 Å². The van der Waals surface area contributed by atoms with E-state index >= 15 is 0 Å². The zero-order valence-corrected chi connectivity index (χ0v) is 13.2. The van der Waals surface area contributed by atoms with Crippen molar-refractivity contribution in [1.82, 2.24) is 5.32 Å². The van der Waals surface area contributed by atoms with Gasteiger partial charge in [-0.3, -0.25) is 4.79 Å². The fourth-order valence-corrected chi connectivity index (χ4v) is 2.60. The van der Waals surface area contributed by atoms with Crippen molar-refractivity contribution >= 4 is 6.47 Å². The molecule has 2 atom stereocenters. The van der Waals surface area contributed by atoms with Gasteiger partial charge < -0.3 is 14.8 Å². The van der Waals surface area contributed by atoms with Crippen molar-refractivity contribution in [3.05, 3.63) is 35.9 Å². The maximum Gasteiger partial charge on any atom is 0.293 e. The minimum absolute atomic E-state index is 0.365. The number of carbonyl (C=O) groups is 1. The van der Waals surface area contributed by atoms with Gasteiger partial charge in [-0.05, 0) is 30.9 Å². The summed E-state index contributed by atoms with van der Waals surface area (Å²) in [5, 5.41) is 3.46. The summed E-state index contributed by atoms with van der Waals surface area (Å²) in [7, 11) is 1.81. The van der Waals surface area contributed by atoms with Gasteiger partial charge >= 0.3 is 0 Å². The lowest BCUT2D eigenvalue weighted by molar-refractivity contribution is -0.129. The molecule has 1 aromatic rings. The summed E-state index contributed by atoms with van der Waals surface area (Å²) >= 11 is 0. The Morgan fingerprint density at radius 1 is 1.33 bits per heavy atom. The molecule has 1 fully saturated rings. The topological polar surface area (TPSA) is 47.6 Å². The quantitative estimate of drug-likeness (QED) is 0.819. The number of nitrogens with one attached hydrogen (secondary N) is 1. The van der Waals surface area contributed by atoms with Crippen molar-refractivity contribution in [3.63, 3.8) is 0 Å². The summed E-state index contributed by atoms with van der Waals surface area (Å²) in [5.41, 5.74) is 1.01. The van der Waals surface area contributed by atoms with E-state index in [-0.39, 0.29) is 0 Å². The summed E-state index contributed by atoms with van der Waals surface area (Å²) < 4.78 is 9.97. The molecule has 0 aromatic heterocycles. The molecule has 1 N–H and O–H groups in total. The Kier molecular flexibility index (Phi) is 8.71. The Balaban J connectivity index is 0.000000211. The number of rotatable bonds is 6. The average Bonchev–Trinajstić information content (AvgIpc) is 3.01. The fourth-order valence-electron chi connectivity index (χ4n) is 2.60. The number of hydrogen-bond donors (Lipinski definition) is 1. The predicted octanol–water partition coefficient (Wildman–Crippen LogP) is 2.77. The molecule has 1 heterocycles. The minimum atomic E-state index is 0.365. The summed E-state index contributed by atoms with van der Waals surface area (Å²) in [5.74, 6) is 0.621. The summed E-state index contributed by atoms with van der Waals surface area (Å²) in [6.45, 7) is 6.41. The van der Waals surface area contributed by atoms with Crippen LogP contribution in [0.25, 0.3) is 0 Å². The van der Waals surface area contributed by atoms with Crippen LogP contribution < -0.4 is 5.32 Å². The van der Waals surface area contributed by atoms with Gasteiger partial charge in [0.1, 0.15) is 6.61 Å². The molecule has 0 amide bonds. The zero-order chi connectivity index (χ0) is 15.5. The van der Waals surface area contributed by atoms with Gasteiger partial charge in [0.15, 0.2) is 0 Å². The highest BCUT2D eigenvalue weighted by atomic mass is 16.5. The van der Waals surface area contributed by atoms with Gasteiger partial charge in [-0.2, -0.15) is 0 Å². The van der Waals surface area contributed by atoms with Crippen LogP contribution in [-0.2, 0) is 20.9 Å². The van der Waals surface area contributed by atoms with Crippen LogP contribution in [0, 0.1) is 5.92 Å². The molecule has 0 spiro atoms. The molecule has 4 nitrogen and oxygen atoms in total. The minimum Gasteiger partial charge on any atom is -0.463 e. The summed E-state index contributed by atoms with van der Waals surface area (Å²) in [6.07, 6.45) is 2.98. The molecule has 2 unspecified atom stereocenters. The van der Waals surface area contributed by atoms with Crippen molar-refractivity contribution in [3.8, 4) is 0 Å². The van der Waals surface area contributed by atoms with Crippen LogP contribution in [0.15, 0.2) is 30.3 Å². The normalized spacial score (nSPS) is 18.8. The van der Waals surface area contributed by atoms with Crippen LogP contribution in [-0.4, -0.2) is 32.3 Å². The molecular formula is C17H27NO3. The second kappa shape index (κ2) is 10.4. The molecule has 118 valence electrons. The first-order chi connectivity index (χ1) is 10.2. The highest BCUT2D eigenvalue weighted by Gasteiger charge is 2.26. The molecule has 0 radical (unpaired) electrons. The first kappa shape index (κ1) is 17.7. The van der Waals surface area contributed by atoms with Crippen LogP contribution in [0.3, 0.4) is 0 Å². The van der Waals surface area contributed by atoms with E-state index in [4.69, 9.17) is 4.74 Å². The summed E-state index contributed by atoms with van der Waals surface area (Å²) in [4.78, 5) is 9.76. The molecular weight excluding hydrogens is 266 g/mol. The van der Waals surface area contributed by atoms with Crippen molar-refractivity contribution in [1.29, 1.82) is 0 Å². The van der Waals surface area contributed by atoms with Gasteiger partial charge in [0.2, 0.25) is 0 Å². The van der Waals surface area contributed by atoms with Crippen LogP contribution in [0.5, 0.6) is 0 Å². The van der Waals surface area contributed by atoms with Crippen LogP contribution in [0.4, 0.5) is 0 Å². The Bertz CT molecular complexity index is 375. The van der Waals surface area contributed by atoms with Crippen molar-refractivity contribution in [2.75, 3.05) is 13.7 Å². The van der Waals surface area contributed by atoms with Gasteiger partial charge in [0, 0.05) is 13.2 Å². The lowest BCUT2D eigenvalue weighted by Gasteiger charge is -2.25. The van der Waals surface area contributed by atoms with E-state index < -0.39 is 0 Å². The van der Waals surface area contributed by atoms with E-state index in [2.05, 4.69) is 23.9 Å². The fraction of sp³-hybridized carbons (Fsp3) is 0.588. The molecule has 4 heteroatoms. The van der Waals surface area contributed by atoms with E-state index in [1.54, 1.807) is 0 Å². The maximum atomic E-state index is 9.76. The molecule has 0 saturated carbocycles. The molecule has 1 saturated heterocycles. The van der Waals surface area contributed by atoms with Gasteiger partial charge in [-0.15, -0.1) is 0 Å². The Labute approximate surface area is 127 Å². The smallest absolute Gasteiger partial charge is 0.293 e. The third-order valence-electron chi connectivity index (χ3n) is 3.59. The second-order valence-corrected chi connectivity index (χ2v) is 5.54.